The molecule has 1 aromatic heterocycles. The van der Waals surface area contributed by atoms with Crippen LogP contribution in [0.1, 0.15) is 61.1 Å². The number of amides is 2. The van der Waals surface area contributed by atoms with Crippen LogP contribution in [-0.4, -0.2) is 50.8 Å². The third-order valence-electron chi connectivity index (χ3n) is 9.08. The first-order valence-electron chi connectivity index (χ1n) is 12.7. The highest BCUT2D eigenvalue weighted by molar-refractivity contribution is 6.01. The van der Waals surface area contributed by atoms with Crippen LogP contribution in [0.3, 0.4) is 0 Å². The van der Waals surface area contributed by atoms with E-state index in [-0.39, 0.29) is 47.2 Å². The quantitative estimate of drug-likeness (QED) is 0.566. The summed E-state index contributed by atoms with van der Waals surface area (Å²) in [5.41, 5.74) is 3.12. The molecule has 2 aromatic carbocycles. The molecule has 3 heterocycles. The number of carbonyl (C=O) groups excluding carboxylic acids is 2. The van der Waals surface area contributed by atoms with Gasteiger partial charge in [0.25, 0.3) is 5.91 Å². The minimum atomic E-state index is -0.309. The Morgan fingerprint density at radius 3 is 2.51 bits per heavy atom. The number of rotatable bonds is 3. The largest absolute Gasteiger partial charge is 0.350 e. The van der Waals surface area contributed by atoms with Gasteiger partial charge < -0.3 is 14.8 Å². The summed E-state index contributed by atoms with van der Waals surface area (Å²) in [4.78, 5) is 34.9. The van der Waals surface area contributed by atoms with Crippen molar-refractivity contribution in [3.8, 4) is 0 Å². The molecule has 3 aromatic rings. The maximum atomic E-state index is 14.4. The van der Waals surface area contributed by atoms with E-state index < -0.39 is 0 Å². The highest BCUT2D eigenvalue weighted by Crippen LogP contribution is 2.56. The summed E-state index contributed by atoms with van der Waals surface area (Å²) in [5, 5.41) is 0.742. The summed E-state index contributed by atoms with van der Waals surface area (Å²) in [5.74, 6) is -0.239. The molecule has 1 aliphatic carbocycles. The first-order valence-corrected chi connectivity index (χ1v) is 12.7. The Morgan fingerprint density at radius 1 is 1.09 bits per heavy atom. The van der Waals surface area contributed by atoms with Crippen molar-refractivity contribution in [3.05, 3.63) is 71.2 Å². The van der Waals surface area contributed by atoms with E-state index in [9.17, 15) is 14.0 Å². The van der Waals surface area contributed by atoms with Crippen molar-refractivity contribution in [3.63, 3.8) is 0 Å². The second-order valence-corrected chi connectivity index (χ2v) is 11.0. The number of halogens is 1. The summed E-state index contributed by atoms with van der Waals surface area (Å²) < 4.78 is 14.0. The Bertz CT molecular complexity index is 1320. The molecule has 0 unspecified atom stereocenters. The number of aromatic amines is 1. The smallest absolute Gasteiger partial charge is 0.271 e. The van der Waals surface area contributed by atoms with Gasteiger partial charge in [0.1, 0.15) is 11.5 Å². The summed E-state index contributed by atoms with van der Waals surface area (Å²) >= 11 is 0. The zero-order chi connectivity index (χ0) is 24.5. The maximum absolute atomic E-state index is 14.4. The van der Waals surface area contributed by atoms with Gasteiger partial charge in [-0.2, -0.15) is 0 Å². The van der Waals surface area contributed by atoms with Crippen molar-refractivity contribution in [2.45, 2.75) is 77.0 Å². The van der Waals surface area contributed by atoms with Gasteiger partial charge in [-0.1, -0.05) is 37.3 Å². The zero-order valence-corrected chi connectivity index (χ0v) is 20.6. The molecule has 3 fully saturated rings. The fourth-order valence-corrected chi connectivity index (χ4v) is 7.57. The Labute approximate surface area is 205 Å². The van der Waals surface area contributed by atoms with Crippen molar-refractivity contribution < 1.29 is 14.0 Å². The number of hydrogen-bond donors (Lipinski definition) is 1. The number of likely N-dealkylation sites (tertiary alicyclic amines) is 2. The van der Waals surface area contributed by atoms with Gasteiger partial charge in [-0.3, -0.25) is 9.59 Å². The van der Waals surface area contributed by atoms with Crippen LogP contribution >= 0.6 is 0 Å². The molecule has 6 rings (SSSR count). The van der Waals surface area contributed by atoms with E-state index >= 15 is 0 Å². The molecule has 2 aliphatic heterocycles. The van der Waals surface area contributed by atoms with Crippen molar-refractivity contribution in [2.75, 3.05) is 0 Å². The third kappa shape index (κ3) is 3.25. The van der Waals surface area contributed by atoms with Crippen LogP contribution in [-0.2, 0) is 11.2 Å². The Kier molecular flexibility index (Phi) is 5.06. The molecule has 0 spiro atoms. The highest BCUT2D eigenvalue weighted by Gasteiger charge is 2.64. The van der Waals surface area contributed by atoms with Gasteiger partial charge >= 0.3 is 0 Å². The average Bonchev–Trinajstić information content (AvgIpc) is 3.33. The second kappa shape index (κ2) is 7.94. The lowest BCUT2D eigenvalue weighted by molar-refractivity contribution is -0.133. The number of aryl methyl sites for hydroxylation is 1. The monoisotopic (exact) mass is 473 g/mol. The van der Waals surface area contributed by atoms with Crippen LogP contribution in [0.5, 0.6) is 0 Å². The van der Waals surface area contributed by atoms with E-state index in [1.54, 1.807) is 13.0 Å². The normalized spacial score (nSPS) is 29.6. The summed E-state index contributed by atoms with van der Waals surface area (Å²) in [6.45, 7) is 5.85. The van der Waals surface area contributed by atoms with E-state index in [4.69, 9.17) is 0 Å². The Hall–Kier alpha value is -3.15. The average molecular weight is 474 g/mol. The molecule has 0 radical (unpaired) electrons. The molecule has 3 aliphatic rings. The van der Waals surface area contributed by atoms with Crippen molar-refractivity contribution >= 4 is 22.7 Å². The van der Waals surface area contributed by atoms with Gasteiger partial charge in [0.2, 0.25) is 5.91 Å². The minimum absolute atomic E-state index is 0.0110. The molecule has 2 bridgehead atoms. The summed E-state index contributed by atoms with van der Waals surface area (Å²) in [7, 11) is 0. The van der Waals surface area contributed by atoms with Crippen LogP contribution in [0.15, 0.2) is 48.5 Å². The molecule has 1 N–H and O–H groups in total. The number of carbonyl (C=O) groups is 2. The third-order valence-corrected chi connectivity index (χ3v) is 9.08. The molecule has 35 heavy (non-hydrogen) atoms. The predicted octanol–water partition coefficient (Wildman–Crippen LogP) is 5.23. The van der Waals surface area contributed by atoms with E-state index in [2.05, 4.69) is 33.8 Å². The first kappa shape index (κ1) is 22.3. The molecule has 5 nitrogen and oxygen atoms in total. The minimum Gasteiger partial charge on any atom is -0.350 e. The summed E-state index contributed by atoms with van der Waals surface area (Å²) in [6, 6.07) is 15.0. The van der Waals surface area contributed by atoms with Crippen LogP contribution in [0.4, 0.5) is 4.39 Å². The fourth-order valence-electron chi connectivity index (χ4n) is 7.57. The first-order chi connectivity index (χ1) is 16.8. The van der Waals surface area contributed by atoms with E-state index in [0.717, 1.165) is 42.1 Å². The molecule has 1 saturated carbocycles. The standard InChI is InChI=1S/C29H32FN3O2/c1-17-21-15-20(30)12-13-22(21)31-27(17)28(35)33-23(14-19-8-5-4-6-9-19)24-16-29(3)25(32(24)18(2)34)10-7-11-26(29)33/h4-6,8-9,12-13,15,23-26,31H,7,10-11,14,16H2,1-3H3/t23-,24-,25-,26+,29-/m0/s1. The Morgan fingerprint density at radius 2 is 1.80 bits per heavy atom. The van der Waals surface area contributed by atoms with Gasteiger partial charge in [0.05, 0.1) is 12.1 Å². The number of piperidine rings is 1. The van der Waals surface area contributed by atoms with Gasteiger partial charge in [-0.15, -0.1) is 0 Å². The van der Waals surface area contributed by atoms with Crippen LogP contribution < -0.4 is 0 Å². The number of nitrogens with one attached hydrogen (secondary N) is 1. The SMILES string of the molecule is CC(=O)N1[C@H]2CCC[C@H]3N(C(=O)c4[nH]c5ccc(F)cc5c4C)[C@@H](Cc4ccccc4)[C@@H]1C[C@@]23C. The van der Waals surface area contributed by atoms with Crippen LogP contribution in [0, 0.1) is 18.2 Å². The maximum Gasteiger partial charge on any atom is 0.271 e. The van der Waals surface area contributed by atoms with Gasteiger partial charge in [0.15, 0.2) is 0 Å². The fraction of sp³-hybridized carbons (Fsp3) is 0.448. The van der Waals surface area contributed by atoms with E-state index in [1.165, 1.54) is 17.7 Å². The molecular formula is C29H32FN3O2. The molecule has 2 amide bonds. The van der Waals surface area contributed by atoms with Crippen molar-refractivity contribution in [1.29, 1.82) is 0 Å². The molecule has 2 saturated heterocycles. The molecule has 182 valence electrons. The van der Waals surface area contributed by atoms with E-state index in [0.29, 0.717) is 12.1 Å². The number of aromatic nitrogens is 1. The zero-order valence-electron chi connectivity index (χ0n) is 20.6. The van der Waals surface area contributed by atoms with Gasteiger partial charge in [0, 0.05) is 35.3 Å². The molecule has 6 heteroatoms. The van der Waals surface area contributed by atoms with Crippen LogP contribution in [0.2, 0.25) is 0 Å². The van der Waals surface area contributed by atoms with Crippen LogP contribution in [0.25, 0.3) is 10.9 Å². The number of hydrogen-bond acceptors (Lipinski definition) is 2. The molecular weight excluding hydrogens is 441 g/mol. The second-order valence-electron chi connectivity index (χ2n) is 11.0. The summed E-state index contributed by atoms with van der Waals surface area (Å²) in [6.07, 6.45) is 4.57. The van der Waals surface area contributed by atoms with Crippen molar-refractivity contribution in [2.24, 2.45) is 5.41 Å². The lowest BCUT2D eigenvalue weighted by Gasteiger charge is -2.53. The van der Waals surface area contributed by atoms with E-state index in [1.807, 2.05) is 25.1 Å². The number of benzene rings is 2. The number of fused-ring (bicyclic) bond motifs is 2. The van der Waals surface area contributed by atoms with Crippen molar-refractivity contribution in [1.82, 2.24) is 14.8 Å². The topological polar surface area (TPSA) is 56.4 Å². The highest BCUT2D eigenvalue weighted by atomic mass is 19.1. The Balaban J connectivity index is 1.49. The van der Waals surface area contributed by atoms with Gasteiger partial charge in [-0.05, 0) is 68.4 Å². The molecule has 5 atom stereocenters. The number of nitrogens with zero attached hydrogens (tertiary/aromatic N) is 2. The predicted molar refractivity (Wildman–Crippen MR) is 134 cm³/mol. The number of H-pyrrole nitrogens is 1. The lowest BCUT2D eigenvalue weighted by atomic mass is 9.64. The van der Waals surface area contributed by atoms with Gasteiger partial charge in [-0.25, -0.2) is 4.39 Å². The lowest BCUT2D eigenvalue weighted by Crippen LogP contribution is -2.62.